The summed E-state index contributed by atoms with van der Waals surface area (Å²) < 4.78 is 14.0. The summed E-state index contributed by atoms with van der Waals surface area (Å²) in [4.78, 5) is 8.28. The van der Waals surface area contributed by atoms with Gasteiger partial charge in [-0.25, -0.2) is 4.39 Å². The van der Waals surface area contributed by atoms with Gasteiger partial charge in [0.15, 0.2) is 0 Å². The molecule has 3 rings (SSSR count). The van der Waals surface area contributed by atoms with Crippen LogP contribution in [0.15, 0.2) is 61.6 Å². The molecule has 0 unspecified atom stereocenters. The molecule has 0 amide bonds. The first-order valence-electron chi connectivity index (χ1n) is 6.92. The van der Waals surface area contributed by atoms with Gasteiger partial charge in [0.1, 0.15) is 5.82 Å². The zero-order valence-electron chi connectivity index (χ0n) is 12.1. The Labute approximate surface area is 138 Å². The molecule has 2 aromatic heterocycles. The zero-order chi connectivity index (χ0) is 16.2. The normalized spacial score (nSPS) is 10.3. The molecule has 23 heavy (non-hydrogen) atoms. The molecular weight excluding hydrogens is 313 g/mol. The molecule has 0 atom stereocenters. The standard InChI is InChI=1S/C18H13ClFN3/c1-2-12-11-22-18(15-9-13(19)3-4-16(15)20)10-17(12)23-14-5-7-21-8-6-14/h2-11H,1H2,(H,21,22,23). The summed E-state index contributed by atoms with van der Waals surface area (Å²) in [5.74, 6) is -0.372. The highest BCUT2D eigenvalue weighted by molar-refractivity contribution is 6.30. The Balaban J connectivity index is 2.05. The van der Waals surface area contributed by atoms with Crippen LogP contribution in [0.4, 0.5) is 15.8 Å². The number of hydrogen-bond acceptors (Lipinski definition) is 3. The van der Waals surface area contributed by atoms with Crippen LogP contribution in [0.3, 0.4) is 0 Å². The van der Waals surface area contributed by atoms with E-state index >= 15 is 0 Å². The number of nitrogens with one attached hydrogen (secondary N) is 1. The highest BCUT2D eigenvalue weighted by Crippen LogP contribution is 2.29. The minimum absolute atomic E-state index is 0.353. The van der Waals surface area contributed by atoms with Gasteiger partial charge in [0.25, 0.3) is 0 Å². The van der Waals surface area contributed by atoms with Crippen molar-refractivity contribution in [3.63, 3.8) is 0 Å². The number of hydrogen-bond donors (Lipinski definition) is 1. The maximum Gasteiger partial charge on any atom is 0.132 e. The first kappa shape index (κ1) is 15.2. The van der Waals surface area contributed by atoms with Crippen molar-refractivity contribution in [2.24, 2.45) is 0 Å². The van der Waals surface area contributed by atoms with Gasteiger partial charge in [-0.05, 0) is 36.4 Å². The molecule has 0 spiro atoms. The molecule has 3 aromatic rings. The largest absolute Gasteiger partial charge is 0.355 e. The average Bonchev–Trinajstić information content (AvgIpc) is 2.58. The number of rotatable bonds is 4. The lowest BCUT2D eigenvalue weighted by Crippen LogP contribution is -1.96. The lowest BCUT2D eigenvalue weighted by molar-refractivity contribution is 0.631. The molecule has 2 heterocycles. The van der Waals surface area contributed by atoms with E-state index in [2.05, 4.69) is 21.9 Å². The predicted molar refractivity (Wildman–Crippen MR) is 92.3 cm³/mol. The summed E-state index contributed by atoms with van der Waals surface area (Å²) in [5.41, 5.74) is 3.30. The van der Waals surface area contributed by atoms with E-state index in [1.54, 1.807) is 36.8 Å². The van der Waals surface area contributed by atoms with Gasteiger partial charge in [0, 0.05) is 46.1 Å². The van der Waals surface area contributed by atoms with Gasteiger partial charge in [-0.1, -0.05) is 24.3 Å². The van der Waals surface area contributed by atoms with Crippen LogP contribution >= 0.6 is 11.6 Å². The minimum Gasteiger partial charge on any atom is -0.355 e. The van der Waals surface area contributed by atoms with Gasteiger partial charge in [0.2, 0.25) is 0 Å². The summed E-state index contributed by atoms with van der Waals surface area (Å²) in [6, 6.07) is 9.85. The fourth-order valence-electron chi connectivity index (χ4n) is 2.17. The molecular formula is C18H13ClFN3. The van der Waals surface area contributed by atoms with E-state index in [-0.39, 0.29) is 5.82 Å². The van der Waals surface area contributed by atoms with E-state index in [9.17, 15) is 4.39 Å². The van der Waals surface area contributed by atoms with Crippen molar-refractivity contribution in [2.45, 2.75) is 0 Å². The third-order valence-corrected chi connectivity index (χ3v) is 3.55. The third kappa shape index (κ3) is 3.38. The maximum absolute atomic E-state index is 14.0. The summed E-state index contributed by atoms with van der Waals surface area (Å²) >= 11 is 5.96. The third-order valence-electron chi connectivity index (χ3n) is 3.32. The van der Waals surface area contributed by atoms with Gasteiger partial charge >= 0.3 is 0 Å². The molecule has 0 saturated carbocycles. The fraction of sp³-hybridized carbons (Fsp3) is 0. The van der Waals surface area contributed by atoms with E-state index in [0.29, 0.717) is 16.3 Å². The molecule has 3 nitrogen and oxygen atoms in total. The van der Waals surface area contributed by atoms with Gasteiger partial charge in [-0.15, -0.1) is 0 Å². The van der Waals surface area contributed by atoms with Crippen molar-refractivity contribution in [3.8, 4) is 11.3 Å². The van der Waals surface area contributed by atoms with Crippen LogP contribution in [0.5, 0.6) is 0 Å². The summed E-state index contributed by atoms with van der Waals surface area (Å²) in [7, 11) is 0. The molecule has 5 heteroatoms. The molecule has 114 valence electrons. The maximum atomic E-state index is 14.0. The van der Waals surface area contributed by atoms with Crippen molar-refractivity contribution < 1.29 is 4.39 Å². The monoisotopic (exact) mass is 325 g/mol. The Morgan fingerprint density at radius 1 is 1.13 bits per heavy atom. The van der Waals surface area contributed by atoms with Crippen molar-refractivity contribution in [1.82, 2.24) is 9.97 Å². The SMILES string of the molecule is C=Cc1cnc(-c2cc(Cl)ccc2F)cc1Nc1ccncc1. The molecule has 1 N–H and O–H groups in total. The van der Waals surface area contributed by atoms with Crippen LogP contribution in [0.1, 0.15) is 5.56 Å². The second kappa shape index (κ2) is 6.58. The van der Waals surface area contributed by atoms with Crippen LogP contribution in [0.2, 0.25) is 5.02 Å². The number of pyridine rings is 2. The molecule has 0 aliphatic carbocycles. The number of benzene rings is 1. The topological polar surface area (TPSA) is 37.8 Å². The minimum atomic E-state index is -0.372. The van der Waals surface area contributed by atoms with Crippen LogP contribution in [0, 0.1) is 5.82 Å². The Hall–Kier alpha value is -2.72. The fourth-order valence-corrected chi connectivity index (χ4v) is 2.34. The van der Waals surface area contributed by atoms with E-state index in [0.717, 1.165) is 16.9 Å². The van der Waals surface area contributed by atoms with Crippen molar-refractivity contribution in [1.29, 1.82) is 0 Å². The quantitative estimate of drug-likeness (QED) is 0.705. The average molecular weight is 326 g/mol. The van der Waals surface area contributed by atoms with Crippen LogP contribution in [0.25, 0.3) is 17.3 Å². The molecule has 0 fully saturated rings. The Kier molecular flexibility index (Phi) is 4.35. The van der Waals surface area contributed by atoms with Crippen molar-refractivity contribution in [2.75, 3.05) is 5.32 Å². The smallest absolute Gasteiger partial charge is 0.132 e. The molecule has 0 aliphatic heterocycles. The van der Waals surface area contributed by atoms with E-state index in [1.165, 1.54) is 12.1 Å². The van der Waals surface area contributed by atoms with E-state index in [1.807, 2.05) is 12.1 Å². The Bertz CT molecular complexity index is 850. The summed E-state index contributed by atoms with van der Waals surface area (Å²) in [6.45, 7) is 3.78. The second-order valence-electron chi connectivity index (χ2n) is 4.85. The van der Waals surface area contributed by atoms with Gasteiger partial charge in [0.05, 0.1) is 5.69 Å². The van der Waals surface area contributed by atoms with Crippen LogP contribution in [-0.2, 0) is 0 Å². The molecule has 0 aliphatic rings. The van der Waals surface area contributed by atoms with Gasteiger partial charge in [-0.2, -0.15) is 0 Å². The lowest BCUT2D eigenvalue weighted by atomic mass is 10.1. The number of aromatic nitrogens is 2. The predicted octanol–water partition coefficient (Wildman–Crippen LogP) is 5.32. The lowest BCUT2D eigenvalue weighted by Gasteiger charge is -2.12. The highest BCUT2D eigenvalue weighted by Gasteiger charge is 2.10. The zero-order valence-corrected chi connectivity index (χ0v) is 12.9. The van der Waals surface area contributed by atoms with Crippen molar-refractivity contribution >= 4 is 29.1 Å². The van der Waals surface area contributed by atoms with Gasteiger partial charge < -0.3 is 5.32 Å². The molecule has 0 radical (unpaired) electrons. The number of anilines is 2. The van der Waals surface area contributed by atoms with Crippen LogP contribution < -0.4 is 5.32 Å². The molecule has 1 aromatic carbocycles. The van der Waals surface area contributed by atoms with Crippen LogP contribution in [-0.4, -0.2) is 9.97 Å². The Morgan fingerprint density at radius 3 is 2.65 bits per heavy atom. The van der Waals surface area contributed by atoms with E-state index in [4.69, 9.17) is 11.6 Å². The number of nitrogens with zero attached hydrogens (tertiary/aromatic N) is 2. The summed E-state index contributed by atoms with van der Waals surface area (Å²) in [6.07, 6.45) is 6.71. The van der Waals surface area contributed by atoms with Crippen molar-refractivity contribution in [3.05, 3.63) is 78.0 Å². The number of halogens is 2. The molecule has 0 bridgehead atoms. The first-order valence-corrected chi connectivity index (χ1v) is 7.30. The highest BCUT2D eigenvalue weighted by atomic mass is 35.5. The molecule has 0 saturated heterocycles. The van der Waals surface area contributed by atoms with Gasteiger partial charge in [-0.3, -0.25) is 9.97 Å². The van der Waals surface area contributed by atoms with E-state index < -0.39 is 0 Å². The second-order valence-corrected chi connectivity index (χ2v) is 5.28. The Morgan fingerprint density at radius 2 is 1.91 bits per heavy atom. The first-order chi connectivity index (χ1) is 11.2. The summed E-state index contributed by atoms with van der Waals surface area (Å²) in [5, 5.41) is 3.72.